The molecule has 1 aromatic carbocycles. The van der Waals surface area contributed by atoms with Gasteiger partial charge in [-0.2, -0.15) is 4.98 Å². The Hall–Kier alpha value is -3.07. The van der Waals surface area contributed by atoms with Crippen LogP contribution in [-0.2, 0) is 12.8 Å². The standard InChI is InChI=1S/C17H13FN6OS/c1-24-15(11-5-7-19-8-6-11)21-22-17(24)26-10-14-20-16(25-23-14)12-3-2-4-13(18)9-12/h2-9H,10H2,1H3. The maximum absolute atomic E-state index is 13.3. The summed E-state index contributed by atoms with van der Waals surface area (Å²) in [5.41, 5.74) is 1.49. The van der Waals surface area contributed by atoms with Crippen molar-refractivity contribution in [2.24, 2.45) is 7.05 Å². The first-order valence-electron chi connectivity index (χ1n) is 7.72. The van der Waals surface area contributed by atoms with Crippen molar-refractivity contribution in [2.75, 3.05) is 0 Å². The number of thioether (sulfide) groups is 1. The van der Waals surface area contributed by atoms with Gasteiger partial charge in [0.25, 0.3) is 5.89 Å². The van der Waals surface area contributed by atoms with E-state index < -0.39 is 0 Å². The molecular weight excluding hydrogens is 355 g/mol. The highest BCUT2D eigenvalue weighted by Crippen LogP contribution is 2.25. The lowest BCUT2D eigenvalue weighted by atomic mass is 10.2. The molecule has 0 amide bonds. The number of aromatic nitrogens is 6. The molecular formula is C17H13FN6OS. The summed E-state index contributed by atoms with van der Waals surface area (Å²) in [4.78, 5) is 8.30. The normalized spacial score (nSPS) is 11.0. The van der Waals surface area contributed by atoms with Gasteiger partial charge in [-0.15, -0.1) is 10.2 Å². The van der Waals surface area contributed by atoms with Gasteiger partial charge in [0.1, 0.15) is 5.82 Å². The van der Waals surface area contributed by atoms with Crippen molar-refractivity contribution in [3.8, 4) is 22.8 Å². The Morgan fingerprint density at radius 1 is 1.12 bits per heavy atom. The van der Waals surface area contributed by atoms with Crippen LogP contribution in [0.15, 0.2) is 58.5 Å². The van der Waals surface area contributed by atoms with E-state index in [1.807, 2.05) is 23.7 Å². The monoisotopic (exact) mass is 368 g/mol. The fourth-order valence-electron chi connectivity index (χ4n) is 2.37. The molecule has 4 aromatic rings. The van der Waals surface area contributed by atoms with Crippen molar-refractivity contribution in [3.05, 3.63) is 60.4 Å². The zero-order valence-electron chi connectivity index (χ0n) is 13.7. The summed E-state index contributed by atoms with van der Waals surface area (Å²) in [5, 5.41) is 13.1. The third-order valence-electron chi connectivity index (χ3n) is 3.64. The fourth-order valence-corrected chi connectivity index (χ4v) is 3.13. The summed E-state index contributed by atoms with van der Waals surface area (Å²) >= 11 is 1.44. The molecule has 4 rings (SSSR count). The summed E-state index contributed by atoms with van der Waals surface area (Å²) in [5.74, 6) is 1.65. The molecule has 9 heteroatoms. The zero-order valence-corrected chi connectivity index (χ0v) is 14.5. The predicted molar refractivity (Wildman–Crippen MR) is 93.5 cm³/mol. The molecule has 0 atom stereocenters. The molecule has 0 spiro atoms. The van der Waals surface area contributed by atoms with Gasteiger partial charge in [-0.25, -0.2) is 4.39 Å². The Morgan fingerprint density at radius 2 is 1.96 bits per heavy atom. The number of hydrogen-bond donors (Lipinski definition) is 0. The first-order valence-corrected chi connectivity index (χ1v) is 8.70. The molecule has 0 radical (unpaired) electrons. The highest BCUT2D eigenvalue weighted by atomic mass is 32.2. The van der Waals surface area contributed by atoms with E-state index in [9.17, 15) is 4.39 Å². The minimum atomic E-state index is -0.348. The van der Waals surface area contributed by atoms with Crippen molar-refractivity contribution in [3.63, 3.8) is 0 Å². The Labute approximate surface area is 152 Å². The van der Waals surface area contributed by atoms with Gasteiger partial charge in [0.15, 0.2) is 16.8 Å². The molecule has 0 saturated carbocycles. The average molecular weight is 368 g/mol. The zero-order chi connectivity index (χ0) is 17.9. The Balaban J connectivity index is 1.48. The first kappa shape index (κ1) is 16.4. The number of pyridine rings is 1. The largest absolute Gasteiger partial charge is 0.334 e. The second-order valence-corrected chi connectivity index (χ2v) is 6.36. The van der Waals surface area contributed by atoms with Gasteiger partial charge in [-0.1, -0.05) is 23.0 Å². The molecule has 0 aliphatic carbocycles. The number of nitrogens with zero attached hydrogens (tertiary/aromatic N) is 6. The van der Waals surface area contributed by atoms with Gasteiger partial charge in [-0.05, 0) is 30.3 Å². The number of benzene rings is 1. The van der Waals surface area contributed by atoms with E-state index in [1.165, 1.54) is 23.9 Å². The summed E-state index contributed by atoms with van der Waals surface area (Å²) in [7, 11) is 1.90. The molecule has 130 valence electrons. The molecule has 0 bridgehead atoms. The van der Waals surface area contributed by atoms with Crippen LogP contribution >= 0.6 is 11.8 Å². The van der Waals surface area contributed by atoms with Crippen LogP contribution in [0.4, 0.5) is 4.39 Å². The van der Waals surface area contributed by atoms with Crippen molar-refractivity contribution >= 4 is 11.8 Å². The molecule has 0 N–H and O–H groups in total. The van der Waals surface area contributed by atoms with Crippen molar-refractivity contribution in [2.45, 2.75) is 10.9 Å². The topological polar surface area (TPSA) is 82.5 Å². The summed E-state index contributed by atoms with van der Waals surface area (Å²) in [6, 6.07) is 9.80. The van der Waals surface area contributed by atoms with E-state index in [0.29, 0.717) is 17.1 Å². The van der Waals surface area contributed by atoms with E-state index in [1.54, 1.807) is 24.5 Å². The molecule has 26 heavy (non-hydrogen) atoms. The molecule has 0 unspecified atom stereocenters. The van der Waals surface area contributed by atoms with Gasteiger partial charge >= 0.3 is 0 Å². The fraction of sp³-hybridized carbons (Fsp3) is 0.118. The van der Waals surface area contributed by atoms with Crippen LogP contribution in [0.3, 0.4) is 0 Å². The number of rotatable bonds is 5. The Morgan fingerprint density at radius 3 is 2.77 bits per heavy atom. The maximum atomic E-state index is 13.3. The summed E-state index contributed by atoms with van der Waals surface area (Å²) < 4.78 is 20.4. The maximum Gasteiger partial charge on any atom is 0.258 e. The van der Waals surface area contributed by atoms with Crippen molar-refractivity contribution < 1.29 is 8.91 Å². The Bertz CT molecular complexity index is 1030. The van der Waals surface area contributed by atoms with E-state index >= 15 is 0 Å². The van der Waals surface area contributed by atoms with E-state index in [0.717, 1.165) is 16.5 Å². The van der Waals surface area contributed by atoms with E-state index in [2.05, 4.69) is 25.3 Å². The summed E-state index contributed by atoms with van der Waals surface area (Å²) in [6.07, 6.45) is 3.42. The molecule has 7 nitrogen and oxygen atoms in total. The predicted octanol–water partition coefficient (Wildman–Crippen LogP) is 3.36. The highest BCUT2D eigenvalue weighted by molar-refractivity contribution is 7.98. The lowest BCUT2D eigenvalue weighted by Crippen LogP contribution is -1.95. The number of hydrogen-bond acceptors (Lipinski definition) is 7. The first-order chi connectivity index (χ1) is 12.7. The minimum Gasteiger partial charge on any atom is -0.334 e. The average Bonchev–Trinajstić information content (AvgIpc) is 3.28. The minimum absolute atomic E-state index is 0.288. The molecule has 0 aliphatic rings. The Kier molecular flexibility index (Phi) is 4.44. The van der Waals surface area contributed by atoms with Crippen LogP contribution in [0.5, 0.6) is 0 Å². The third-order valence-corrected chi connectivity index (χ3v) is 4.66. The van der Waals surface area contributed by atoms with Crippen LogP contribution in [0.25, 0.3) is 22.8 Å². The SMILES string of the molecule is Cn1c(SCc2noc(-c3cccc(F)c3)n2)nnc1-c1ccncc1. The van der Waals surface area contributed by atoms with E-state index in [4.69, 9.17) is 4.52 Å². The van der Waals surface area contributed by atoms with Gasteiger partial charge in [0, 0.05) is 30.6 Å². The van der Waals surface area contributed by atoms with Crippen LogP contribution in [-0.4, -0.2) is 29.9 Å². The van der Waals surface area contributed by atoms with Crippen molar-refractivity contribution in [1.82, 2.24) is 29.9 Å². The van der Waals surface area contributed by atoms with E-state index in [-0.39, 0.29) is 11.7 Å². The highest BCUT2D eigenvalue weighted by Gasteiger charge is 2.14. The lowest BCUT2D eigenvalue weighted by Gasteiger charge is -2.02. The number of halogens is 1. The van der Waals surface area contributed by atoms with Gasteiger partial charge in [0.05, 0.1) is 5.75 Å². The van der Waals surface area contributed by atoms with Crippen LogP contribution in [0.2, 0.25) is 0 Å². The third kappa shape index (κ3) is 3.33. The van der Waals surface area contributed by atoms with Crippen LogP contribution in [0, 0.1) is 5.82 Å². The summed E-state index contributed by atoms with van der Waals surface area (Å²) in [6.45, 7) is 0. The lowest BCUT2D eigenvalue weighted by molar-refractivity contribution is 0.425. The van der Waals surface area contributed by atoms with Crippen LogP contribution < -0.4 is 0 Å². The van der Waals surface area contributed by atoms with Crippen molar-refractivity contribution in [1.29, 1.82) is 0 Å². The second-order valence-electron chi connectivity index (χ2n) is 5.42. The molecule has 0 aliphatic heterocycles. The molecule has 0 fully saturated rings. The van der Waals surface area contributed by atoms with Crippen LogP contribution in [0.1, 0.15) is 5.82 Å². The smallest absolute Gasteiger partial charge is 0.258 e. The molecule has 3 heterocycles. The van der Waals surface area contributed by atoms with Gasteiger partial charge in [-0.3, -0.25) is 4.98 Å². The molecule has 3 aromatic heterocycles. The quantitative estimate of drug-likeness (QED) is 0.500. The van der Waals surface area contributed by atoms with Gasteiger partial charge in [0.2, 0.25) is 0 Å². The van der Waals surface area contributed by atoms with Gasteiger partial charge < -0.3 is 9.09 Å². The second kappa shape index (κ2) is 7.04. The molecule has 0 saturated heterocycles.